The molecule has 1 aromatic heterocycles. The van der Waals surface area contributed by atoms with Crippen molar-refractivity contribution in [2.24, 2.45) is 0 Å². The van der Waals surface area contributed by atoms with Gasteiger partial charge in [0.25, 0.3) is 0 Å². The average molecular weight is 254 g/mol. The lowest BCUT2D eigenvalue weighted by Gasteiger charge is -2.18. The van der Waals surface area contributed by atoms with E-state index in [-0.39, 0.29) is 23.9 Å². The predicted molar refractivity (Wildman–Crippen MR) is 70.2 cm³/mol. The minimum atomic E-state index is -0.00814. The van der Waals surface area contributed by atoms with Crippen molar-refractivity contribution in [2.45, 2.75) is 25.2 Å². The fourth-order valence-electron chi connectivity index (χ4n) is 2.49. The van der Waals surface area contributed by atoms with E-state index in [1.807, 2.05) is 36.5 Å². The van der Waals surface area contributed by atoms with E-state index in [0.29, 0.717) is 12.8 Å². The quantitative estimate of drug-likeness (QED) is 0.772. The van der Waals surface area contributed by atoms with Gasteiger partial charge >= 0.3 is 0 Å². The van der Waals surface area contributed by atoms with Crippen molar-refractivity contribution in [3.8, 4) is 5.69 Å². The smallest absolute Gasteiger partial charge is 0.140 e. The maximum Gasteiger partial charge on any atom is 0.140 e. The van der Waals surface area contributed by atoms with Gasteiger partial charge in [0.15, 0.2) is 0 Å². The van der Waals surface area contributed by atoms with E-state index in [2.05, 4.69) is 5.10 Å². The van der Waals surface area contributed by atoms with Crippen LogP contribution in [0.25, 0.3) is 5.69 Å². The van der Waals surface area contributed by atoms with Gasteiger partial charge in [0.1, 0.15) is 11.6 Å². The lowest BCUT2D eigenvalue weighted by Crippen LogP contribution is -2.21. The molecule has 0 radical (unpaired) electrons. The molecule has 1 aromatic carbocycles. The second kappa shape index (κ2) is 4.80. The van der Waals surface area contributed by atoms with Crippen molar-refractivity contribution < 1.29 is 9.59 Å². The predicted octanol–water partition coefficient (Wildman–Crippen LogP) is 2.28. The molecule has 1 heterocycles. The summed E-state index contributed by atoms with van der Waals surface area (Å²) in [5.74, 6) is 0.0636. The highest BCUT2D eigenvalue weighted by molar-refractivity contribution is 6.02. The number of nitrogens with zero attached hydrogens (tertiary/aromatic N) is 2. The topological polar surface area (TPSA) is 52.0 Å². The number of hydrogen-bond acceptors (Lipinski definition) is 3. The van der Waals surface area contributed by atoms with E-state index in [1.54, 1.807) is 10.9 Å². The summed E-state index contributed by atoms with van der Waals surface area (Å²) in [4.78, 5) is 23.0. The van der Waals surface area contributed by atoms with E-state index in [0.717, 1.165) is 11.3 Å². The molecule has 0 aliphatic heterocycles. The molecule has 1 aliphatic rings. The van der Waals surface area contributed by atoms with Crippen LogP contribution >= 0.6 is 0 Å². The van der Waals surface area contributed by atoms with Crippen molar-refractivity contribution in [1.29, 1.82) is 0 Å². The number of benzene rings is 1. The standard InChI is InChI=1S/C15H14N2O2/c18-14-6-11(7-15(19)8-14)12-9-16-17(10-12)13-4-2-1-3-5-13/h1-5,9-11H,6-8H2. The number of ketones is 2. The van der Waals surface area contributed by atoms with E-state index in [1.165, 1.54) is 0 Å². The van der Waals surface area contributed by atoms with Crippen molar-refractivity contribution in [1.82, 2.24) is 9.78 Å². The summed E-state index contributed by atoms with van der Waals surface area (Å²) in [5, 5.41) is 4.31. The highest BCUT2D eigenvalue weighted by Crippen LogP contribution is 2.29. The Morgan fingerprint density at radius 2 is 1.74 bits per heavy atom. The third-order valence-corrected chi connectivity index (χ3v) is 3.44. The summed E-state index contributed by atoms with van der Waals surface area (Å²) in [6, 6.07) is 9.78. The molecule has 1 aliphatic carbocycles. The lowest BCUT2D eigenvalue weighted by atomic mass is 9.84. The third-order valence-electron chi connectivity index (χ3n) is 3.44. The first-order chi connectivity index (χ1) is 9.22. The Morgan fingerprint density at radius 3 is 2.42 bits per heavy atom. The van der Waals surface area contributed by atoms with Gasteiger partial charge in [0.2, 0.25) is 0 Å². The molecule has 3 rings (SSSR count). The monoisotopic (exact) mass is 254 g/mol. The minimum Gasteiger partial charge on any atom is -0.299 e. The first-order valence-electron chi connectivity index (χ1n) is 6.36. The molecule has 2 aromatic rings. The molecule has 0 saturated heterocycles. The van der Waals surface area contributed by atoms with Gasteiger partial charge in [0, 0.05) is 25.0 Å². The van der Waals surface area contributed by atoms with Gasteiger partial charge in [-0.25, -0.2) is 4.68 Å². The van der Waals surface area contributed by atoms with Crippen LogP contribution in [-0.4, -0.2) is 21.3 Å². The number of rotatable bonds is 2. The van der Waals surface area contributed by atoms with Gasteiger partial charge in [-0.05, 0) is 17.7 Å². The number of Topliss-reactive ketones (excluding diaryl/α,β-unsaturated/α-hetero) is 2. The van der Waals surface area contributed by atoms with Crippen molar-refractivity contribution >= 4 is 11.6 Å². The molecule has 0 N–H and O–H groups in total. The van der Waals surface area contributed by atoms with Gasteiger partial charge in [-0.15, -0.1) is 0 Å². The normalized spacial score (nSPS) is 16.8. The Hall–Kier alpha value is -2.23. The van der Waals surface area contributed by atoms with Crippen LogP contribution in [0.15, 0.2) is 42.7 Å². The number of hydrogen-bond donors (Lipinski definition) is 0. The summed E-state index contributed by atoms with van der Waals surface area (Å²) >= 11 is 0. The second-order valence-corrected chi connectivity index (χ2v) is 4.91. The molecule has 0 spiro atoms. The summed E-state index contributed by atoms with van der Waals surface area (Å²) in [6.07, 6.45) is 4.66. The molecular formula is C15H14N2O2. The van der Waals surface area contributed by atoms with Crippen molar-refractivity contribution in [2.75, 3.05) is 0 Å². The zero-order valence-corrected chi connectivity index (χ0v) is 10.5. The van der Waals surface area contributed by atoms with Crippen LogP contribution in [0, 0.1) is 0 Å². The molecule has 0 amide bonds. The number of carbonyl (C=O) groups excluding carboxylic acids is 2. The zero-order valence-electron chi connectivity index (χ0n) is 10.5. The van der Waals surface area contributed by atoms with Crippen LogP contribution in [0.2, 0.25) is 0 Å². The van der Waals surface area contributed by atoms with Crippen LogP contribution < -0.4 is 0 Å². The van der Waals surface area contributed by atoms with E-state index < -0.39 is 0 Å². The maximum atomic E-state index is 11.5. The summed E-state index contributed by atoms with van der Waals surface area (Å²) < 4.78 is 1.78. The number of carbonyl (C=O) groups is 2. The van der Waals surface area contributed by atoms with E-state index in [4.69, 9.17) is 0 Å². The fourth-order valence-corrected chi connectivity index (χ4v) is 2.49. The first kappa shape index (κ1) is 11.8. The van der Waals surface area contributed by atoms with Crippen LogP contribution in [-0.2, 0) is 9.59 Å². The summed E-state index contributed by atoms with van der Waals surface area (Å²) in [5.41, 5.74) is 1.94. The molecule has 0 atom stereocenters. The van der Waals surface area contributed by atoms with Crippen LogP contribution in [0.4, 0.5) is 0 Å². The Morgan fingerprint density at radius 1 is 1.05 bits per heavy atom. The molecule has 0 bridgehead atoms. The molecule has 19 heavy (non-hydrogen) atoms. The molecule has 1 fully saturated rings. The molecule has 4 heteroatoms. The largest absolute Gasteiger partial charge is 0.299 e. The van der Waals surface area contributed by atoms with Gasteiger partial charge < -0.3 is 0 Å². The van der Waals surface area contributed by atoms with Crippen molar-refractivity contribution in [3.05, 3.63) is 48.3 Å². The highest BCUT2D eigenvalue weighted by Gasteiger charge is 2.27. The van der Waals surface area contributed by atoms with Crippen LogP contribution in [0.3, 0.4) is 0 Å². The van der Waals surface area contributed by atoms with Crippen molar-refractivity contribution in [3.63, 3.8) is 0 Å². The van der Waals surface area contributed by atoms with Crippen LogP contribution in [0.1, 0.15) is 30.7 Å². The maximum absolute atomic E-state index is 11.5. The highest BCUT2D eigenvalue weighted by atomic mass is 16.1. The van der Waals surface area contributed by atoms with Gasteiger partial charge in [0.05, 0.1) is 18.3 Å². The minimum absolute atomic E-state index is 0.00814. The number of para-hydroxylation sites is 1. The van der Waals surface area contributed by atoms with Gasteiger partial charge in [-0.1, -0.05) is 18.2 Å². The Kier molecular flexibility index (Phi) is 2.99. The lowest BCUT2D eigenvalue weighted by molar-refractivity contribution is -0.130. The Balaban J connectivity index is 1.85. The summed E-state index contributed by atoms with van der Waals surface area (Å²) in [6.45, 7) is 0. The average Bonchev–Trinajstić information content (AvgIpc) is 2.88. The Bertz CT molecular complexity index is 600. The fraction of sp³-hybridized carbons (Fsp3) is 0.267. The molecule has 1 saturated carbocycles. The van der Waals surface area contributed by atoms with Crippen LogP contribution in [0.5, 0.6) is 0 Å². The zero-order chi connectivity index (χ0) is 13.2. The first-order valence-corrected chi connectivity index (χ1v) is 6.36. The third kappa shape index (κ3) is 2.47. The van der Waals surface area contributed by atoms with Gasteiger partial charge in [-0.3, -0.25) is 9.59 Å². The Labute approximate surface area is 111 Å². The molecule has 0 unspecified atom stereocenters. The number of aromatic nitrogens is 2. The SMILES string of the molecule is O=C1CC(=O)CC(c2cnn(-c3ccccc3)c2)C1. The van der Waals surface area contributed by atoms with E-state index in [9.17, 15) is 9.59 Å². The summed E-state index contributed by atoms with van der Waals surface area (Å²) in [7, 11) is 0. The molecular weight excluding hydrogens is 240 g/mol. The van der Waals surface area contributed by atoms with Gasteiger partial charge in [-0.2, -0.15) is 5.10 Å². The van der Waals surface area contributed by atoms with E-state index >= 15 is 0 Å². The molecule has 4 nitrogen and oxygen atoms in total. The molecule has 96 valence electrons. The second-order valence-electron chi connectivity index (χ2n) is 4.91.